The predicted octanol–water partition coefficient (Wildman–Crippen LogP) is 1.45. The first kappa shape index (κ1) is 15.2. The summed E-state index contributed by atoms with van der Waals surface area (Å²) in [6.45, 7) is 4.63. The Bertz CT molecular complexity index is 387. The minimum Gasteiger partial charge on any atom is -0.453 e. The molecule has 0 amide bonds. The van der Waals surface area contributed by atoms with E-state index in [0.29, 0.717) is 0 Å². The molecule has 0 fully saturated rings. The normalized spacial score (nSPS) is 23.9. The topological polar surface area (TPSA) is 55.4 Å². The van der Waals surface area contributed by atoms with Crippen LogP contribution in [0, 0.1) is 0 Å². The van der Waals surface area contributed by atoms with Crippen LogP contribution in [-0.2, 0) is 20.5 Å². The van der Waals surface area contributed by atoms with Crippen LogP contribution in [0.2, 0.25) is 0 Å². The number of carbonyl (C=O) groups excluding carboxylic acids is 1. The second-order valence-electron chi connectivity index (χ2n) is 4.78. The Morgan fingerprint density at radius 3 is 2.28 bits per heavy atom. The highest BCUT2D eigenvalue weighted by Crippen LogP contribution is 2.28. The molecular formula is C10H14F3NO3S. The molecule has 1 rings (SSSR count). The third-order valence-electron chi connectivity index (χ3n) is 2.15. The summed E-state index contributed by atoms with van der Waals surface area (Å²) in [7, 11) is -1.92. The summed E-state index contributed by atoms with van der Waals surface area (Å²) >= 11 is 0. The van der Waals surface area contributed by atoms with Gasteiger partial charge in [0.1, 0.15) is 6.10 Å². The van der Waals surface area contributed by atoms with Crippen LogP contribution in [0.15, 0.2) is 12.2 Å². The zero-order valence-corrected chi connectivity index (χ0v) is 10.9. The van der Waals surface area contributed by atoms with Crippen LogP contribution in [0.1, 0.15) is 20.8 Å². The van der Waals surface area contributed by atoms with E-state index < -0.39 is 40.0 Å². The number of rotatable bonds is 3. The van der Waals surface area contributed by atoms with E-state index in [1.54, 1.807) is 20.8 Å². The number of carbonyl (C=O) groups is 1. The minimum atomic E-state index is -4.67. The van der Waals surface area contributed by atoms with E-state index in [1.165, 1.54) is 0 Å². The number of hydrogen-bond acceptors (Lipinski definition) is 3. The summed E-state index contributed by atoms with van der Waals surface area (Å²) in [6, 6.07) is -2.18. The Balaban J connectivity index is 2.85. The highest BCUT2D eigenvalue weighted by atomic mass is 32.2. The van der Waals surface area contributed by atoms with Crippen molar-refractivity contribution >= 4 is 17.0 Å². The first-order valence-electron chi connectivity index (χ1n) is 5.15. The molecule has 0 saturated heterocycles. The number of esters is 1. The second-order valence-corrected chi connectivity index (χ2v) is 6.78. The number of halogens is 3. The van der Waals surface area contributed by atoms with Crippen molar-refractivity contribution in [2.45, 2.75) is 43.8 Å². The molecule has 1 heterocycles. The summed E-state index contributed by atoms with van der Waals surface area (Å²) in [4.78, 5) is 10.8. The van der Waals surface area contributed by atoms with Crippen molar-refractivity contribution in [1.82, 2.24) is 4.72 Å². The number of hydrogen-bond donors (Lipinski definition) is 1. The molecule has 1 aliphatic rings. The summed E-state index contributed by atoms with van der Waals surface area (Å²) in [5.74, 6) is -0.836. The average Bonchev–Trinajstić information content (AvgIpc) is 2.57. The fourth-order valence-electron chi connectivity index (χ4n) is 1.18. The monoisotopic (exact) mass is 285 g/mol. The van der Waals surface area contributed by atoms with Gasteiger partial charge in [0, 0.05) is 6.08 Å². The molecule has 0 radical (unpaired) electrons. The van der Waals surface area contributed by atoms with Crippen molar-refractivity contribution in [1.29, 1.82) is 0 Å². The molecule has 18 heavy (non-hydrogen) atoms. The van der Waals surface area contributed by atoms with E-state index in [0.717, 1.165) is 12.2 Å². The first-order valence-corrected chi connectivity index (χ1v) is 6.30. The van der Waals surface area contributed by atoms with Crippen LogP contribution in [0.5, 0.6) is 0 Å². The largest absolute Gasteiger partial charge is 0.453 e. The van der Waals surface area contributed by atoms with Gasteiger partial charge in [0.15, 0.2) is 6.04 Å². The lowest BCUT2D eigenvalue weighted by molar-refractivity contribution is -0.175. The summed E-state index contributed by atoms with van der Waals surface area (Å²) in [5, 5.41) is 0. The van der Waals surface area contributed by atoms with Crippen LogP contribution >= 0.6 is 0 Å². The quantitative estimate of drug-likeness (QED) is 0.799. The molecular weight excluding hydrogens is 271 g/mol. The Kier molecular flexibility index (Phi) is 4.22. The maximum atomic E-state index is 12.8. The zero-order chi connectivity index (χ0) is 14.1. The van der Waals surface area contributed by atoms with Crippen LogP contribution in [0.3, 0.4) is 0 Å². The second kappa shape index (κ2) is 5.00. The standard InChI is InChI=1S/C10H14F3NO3S/c1-9(2,3)18(16)14-8(10(11,12)13)6-4-5-7(15)17-6/h4-6,8,14H,1-3H3/t6-,8-,18-/m0/s1. The molecule has 3 atom stereocenters. The van der Waals surface area contributed by atoms with E-state index in [-0.39, 0.29) is 0 Å². The first-order chi connectivity index (χ1) is 8.01. The number of nitrogens with one attached hydrogen (secondary N) is 1. The van der Waals surface area contributed by atoms with E-state index in [9.17, 15) is 22.2 Å². The van der Waals surface area contributed by atoms with Gasteiger partial charge in [-0.1, -0.05) is 0 Å². The average molecular weight is 285 g/mol. The van der Waals surface area contributed by atoms with Gasteiger partial charge in [0.05, 0.1) is 15.7 Å². The van der Waals surface area contributed by atoms with Crippen LogP contribution in [0.25, 0.3) is 0 Å². The van der Waals surface area contributed by atoms with E-state index in [1.807, 2.05) is 4.72 Å². The predicted molar refractivity (Wildman–Crippen MR) is 59.9 cm³/mol. The lowest BCUT2D eigenvalue weighted by Crippen LogP contribution is -2.53. The van der Waals surface area contributed by atoms with Crippen molar-refractivity contribution in [2.75, 3.05) is 0 Å². The van der Waals surface area contributed by atoms with Crippen LogP contribution in [0.4, 0.5) is 13.2 Å². The Morgan fingerprint density at radius 1 is 1.39 bits per heavy atom. The maximum Gasteiger partial charge on any atom is 0.408 e. The molecule has 4 nitrogen and oxygen atoms in total. The van der Waals surface area contributed by atoms with Gasteiger partial charge in [0.25, 0.3) is 0 Å². The van der Waals surface area contributed by atoms with E-state index >= 15 is 0 Å². The van der Waals surface area contributed by atoms with Crippen LogP contribution < -0.4 is 4.72 Å². The molecule has 0 saturated carbocycles. The van der Waals surface area contributed by atoms with Gasteiger partial charge in [-0.25, -0.2) is 13.7 Å². The van der Waals surface area contributed by atoms with Crippen molar-refractivity contribution in [3.8, 4) is 0 Å². The Hall–Kier alpha value is -0.890. The molecule has 0 bridgehead atoms. The molecule has 8 heteroatoms. The van der Waals surface area contributed by atoms with E-state index in [2.05, 4.69) is 4.74 Å². The van der Waals surface area contributed by atoms with Gasteiger partial charge in [-0.05, 0) is 26.8 Å². The highest BCUT2D eigenvalue weighted by Gasteiger charge is 2.48. The highest BCUT2D eigenvalue weighted by molar-refractivity contribution is 7.84. The molecule has 1 N–H and O–H groups in total. The molecule has 0 unspecified atom stereocenters. The molecule has 0 aromatic carbocycles. The van der Waals surface area contributed by atoms with Crippen molar-refractivity contribution < 1.29 is 26.9 Å². The Morgan fingerprint density at radius 2 is 1.94 bits per heavy atom. The SMILES string of the molecule is CC(C)(C)[S@](=O)N[C@@H]([C@@H]1C=CC(=O)O1)C(F)(F)F. The molecule has 1 aliphatic heterocycles. The molecule has 0 aromatic heterocycles. The summed E-state index contributed by atoms with van der Waals surface area (Å²) < 4.78 is 55.8. The van der Waals surface area contributed by atoms with Gasteiger partial charge in [-0.15, -0.1) is 0 Å². The zero-order valence-electron chi connectivity index (χ0n) is 10.1. The van der Waals surface area contributed by atoms with Gasteiger partial charge in [0.2, 0.25) is 0 Å². The third kappa shape index (κ3) is 3.81. The number of cyclic esters (lactones) is 1. The van der Waals surface area contributed by atoms with Gasteiger partial charge >= 0.3 is 12.1 Å². The lowest BCUT2D eigenvalue weighted by atomic mass is 10.1. The van der Waals surface area contributed by atoms with E-state index in [4.69, 9.17) is 0 Å². The van der Waals surface area contributed by atoms with Crippen molar-refractivity contribution in [3.05, 3.63) is 12.2 Å². The van der Waals surface area contributed by atoms with Crippen LogP contribution in [-0.4, -0.2) is 33.2 Å². The molecule has 104 valence electrons. The molecule has 0 spiro atoms. The number of alkyl halides is 3. The van der Waals surface area contributed by atoms with Gasteiger partial charge in [-0.3, -0.25) is 0 Å². The molecule has 0 aromatic rings. The summed E-state index contributed by atoms with van der Waals surface area (Å²) in [6.07, 6.45) is -4.22. The van der Waals surface area contributed by atoms with Crippen molar-refractivity contribution in [2.24, 2.45) is 0 Å². The smallest absolute Gasteiger partial charge is 0.408 e. The number of ether oxygens (including phenoxy) is 1. The summed E-state index contributed by atoms with van der Waals surface area (Å²) in [5.41, 5.74) is 0. The fraction of sp³-hybridized carbons (Fsp3) is 0.700. The Labute approximate surface area is 105 Å². The lowest BCUT2D eigenvalue weighted by Gasteiger charge is -2.28. The van der Waals surface area contributed by atoms with Gasteiger partial charge in [-0.2, -0.15) is 13.2 Å². The fourth-order valence-corrected chi connectivity index (χ4v) is 2.03. The molecule has 0 aliphatic carbocycles. The van der Waals surface area contributed by atoms with Crippen molar-refractivity contribution in [3.63, 3.8) is 0 Å². The third-order valence-corrected chi connectivity index (χ3v) is 3.73. The maximum absolute atomic E-state index is 12.8. The van der Waals surface area contributed by atoms with Gasteiger partial charge < -0.3 is 4.74 Å². The minimum absolute atomic E-state index is 0.836.